The van der Waals surface area contributed by atoms with Crippen LogP contribution in [0.25, 0.3) is 0 Å². The molecule has 0 spiro atoms. The summed E-state index contributed by atoms with van der Waals surface area (Å²) in [6, 6.07) is 7.47. The van der Waals surface area contributed by atoms with Gasteiger partial charge in [-0.3, -0.25) is 4.79 Å². The Hall–Kier alpha value is -2.13. The standard InChI is InChI=1S/C16H15BrN4O/c1-2-20-15(22)16(6-5-12-9-19-10-21(12)16)13-4-3-11(8-18)7-14(13)17/h3-4,7,9-10H,2,5-6H2,1H3,(H,20,22). The van der Waals surface area contributed by atoms with E-state index in [0.29, 0.717) is 18.5 Å². The summed E-state index contributed by atoms with van der Waals surface area (Å²) in [4.78, 5) is 17.1. The van der Waals surface area contributed by atoms with Crippen LogP contribution >= 0.6 is 15.9 Å². The van der Waals surface area contributed by atoms with E-state index >= 15 is 0 Å². The minimum atomic E-state index is -0.811. The SMILES string of the molecule is CCNC(=O)C1(c2ccc(C#N)cc2Br)CCc2cncn21. The fourth-order valence-electron chi connectivity index (χ4n) is 3.12. The highest BCUT2D eigenvalue weighted by Gasteiger charge is 2.47. The van der Waals surface area contributed by atoms with Gasteiger partial charge in [0.2, 0.25) is 0 Å². The van der Waals surface area contributed by atoms with Crippen LogP contribution in [-0.2, 0) is 16.8 Å². The first kappa shape index (κ1) is 14.8. The molecular weight excluding hydrogens is 344 g/mol. The van der Waals surface area contributed by atoms with Crippen molar-refractivity contribution in [3.8, 4) is 6.07 Å². The topological polar surface area (TPSA) is 70.7 Å². The first-order valence-corrected chi connectivity index (χ1v) is 7.93. The maximum absolute atomic E-state index is 12.9. The van der Waals surface area contributed by atoms with Gasteiger partial charge in [-0.2, -0.15) is 5.26 Å². The summed E-state index contributed by atoms with van der Waals surface area (Å²) in [5.74, 6) is -0.0443. The number of nitriles is 1. The Labute approximate surface area is 137 Å². The van der Waals surface area contributed by atoms with Crippen LogP contribution in [0.2, 0.25) is 0 Å². The van der Waals surface area contributed by atoms with E-state index in [1.807, 2.05) is 17.6 Å². The molecule has 6 heteroatoms. The molecular formula is C16H15BrN4O. The number of aromatic nitrogens is 2. The molecule has 1 amide bonds. The summed E-state index contributed by atoms with van der Waals surface area (Å²) in [6.45, 7) is 2.47. The van der Waals surface area contributed by atoms with Crippen LogP contribution in [0.15, 0.2) is 35.2 Å². The van der Waals surface area contributed by atoms with Crippen molar-refractivity contribution in [2.75, 3.05) is 6.54 Å². The molecule has 0 fully saturated rings. The van der Waals surface area contributed by atoms with Crippen LogP contribution in [0.1, 0.15) is 30.2 Å². The number of hydrogen-bond acceptors (Lipinski definition) is 3. The molecule has 1 aromatic carbocycles. The van der Waals surface area contributed by atoms with Crippen molar-refractivity contribution in [3.63, 3.8) is 0 Å². The monoisotopic (exact) mass is 358 g/mol. The Morgan fingerprint density at radius 1 is 1.59 bits per heavy atom. The third-order valence-corrected chi connectivity index (χ3v) is 4.78. The van der Waals surface area contributed by atoms with Crippen molar-refractivity contribution < 1.29 is 4.79 Å². The Morgan fingerprint density at radius 3 is 3.09 bits per heavy atom. The highest BCUT2D eigenvalue weighted by molar-refractivity contribution is 9.10. The van der Waals surface area contributed by atoms with Crippen molar-refractivity contribution >= 4 is 21.8 Å². The lowest BCUT2D eigenvalue weighted by atomic mass is 9.86. The second kappa shape index (κ2) is 5.58. The number of nitrogens with one attached hydrogen (secondary N) is 1. The van der Waals surface area contributed by atoms with Crippen molar-refractivity contribution in [2.45, 2.75) is 25.3 Å². The normalized spacial score (nSPS) is 19.5. The van der Waals surface area contributed by atoms with E-state index in [9.17, 15) is 4.79 Å². The summed E-state index contributed by atoms with van der Waals surface area (Å²) < 4.78 is 2.71. The van der Waals surface area contributed by atoms with Gasteiger partial charge in [-0.05, 0) is 31.9 Å². The number of halogens is 1. The molecule has 5 nitrogen and oxygen atoms in total. The van der Waals surface area contributed by atoms with E-state index in [4.69, 9.17) is 5.26 Å². The number of amides is 1. The zero-order valence-corrected chi connectivity index (χ0v) is 13.7. The molecule has 0 aliphatic carbocycles. The molecule has 2 heterocycles. The number of nitrogens with zero attached hydrogens (tertiary/aromatic N) is 3. The zero-order chi connectivity index (χ0) is 15.7. The summed E-state index contributed by atoms with van der Waals surface area (Å²) in [7, 11) is 0. The molecule has 3 rings (SSSR count). The Bertz CT molecular complexity index is 777. The average molecular weight is 359 g/mol. The second-order valence-electron chi connectivity index (χ2n) is 5.28. The van der Waals surface area contributed by atoms with Crippen molar-refractivity contribution in [3.05, 3.63) is 52.0 Å². The maximum atomic E-state index is 12.9. The van der Waals surface area contributed by atoms with E-state index in [1.54, 1.807) is 24.7 Å². The quantitative estimate of drug-likeness (QED) is 0.915. The first-order valence-electron chi connectivity index (χ1n) is 7.13. The molecule has 2 aromatic rings. The molecule has 1 aromatic heterocycles. The number of carbonyl (C=O) groups is 1. The summed E-state index contributed by atoms with van der Waals surface area (Å²) >= 11 is 3.53. The van der Waals surface area contributed by atoms with E-state index < -0.39 is 5.54 Å². The van der Waals surface area contributed by atoms with E-state index in [0.717, 1.165) is 22.2 Å². The van der Waals surface area contributed by atoms with E-state index in [2.05, 4.69) is 32.3 Å². The number of imidazole rings is 1. The van der Waals surface area contributed by atoms with Gasteiger partial charge in [0.1, 0.15) is 0 Å². The highest BCUT2D eigenvalue weighted by atomic mass is 79.9. The van der Waals surface area contributed by atoms with Crippen LogP contribution in [0.5, 0.6) is 0 Å². The summed E-state index contributed by atoms with van der Waals surface area (Å²) in [5.41, 5.74) is 1.65. The number of rotatable bonds is 3. The predicted molar refractivity (Wildman–Crippen MR) is 85.2 cm³/mol. The molecule has 0 saturated carbocycles. The van der Waals surface area contributed by atoms with Gasteiger partial charge in [-0.1, -0.05) is 22.0 Å². The average Bonchev–Trinajstić information content (AvgIpc) is 3.10. The number of benzene rings is 1. The lowest BCUT2D eigenvalue weighted by Gasteiger charge is -2.31. The van der Waals surface area contributed by atoms with E-state index in [1.165, 1.54) is 0 Å². The molecule has 1 N–H and O–H groups in total. The fourth-order valence-corrected chi connectivity index (χ4v) is 3.82. The molecule has 112 valence electrons. The number of fused-ring (bicyclic) bond motifs is 1. The van der Waals surface area contributed by atoms with Gasteiger partial charge in [0.05, 0.1) is 18.0 Å². The molecule has 1 aliphatic heterocycles. The second-order valence-corrected chi connectivity index (χ2v) is 6.14. The molecule has 0 saturated heterocycles. The molecule has 0 radical (unpaired) electrons. The molecule has 1 aliphatic rings. The summed E-state index contributed by atoms with van der Waals surface area (Å²) in [5, 5.41) is 12.0. The van der Waals surface area contributed by atoms with Gasteiger partial charge in [0, 0.05) is 28.5 Å². The minimum absolute atomic E-state index is 0.0443. The Balaban J connectivity index is 2.21. The number of likely N-dealkylation sites (N-methyl/N-ethyl adjacent to an activating group) is 1. The van der Waals surface area contributed by atoms with Crippen LogP contribution in [0.3, 0.4) is 0 Å². The number of carbonyl (C=O) groups excluding carboxylic acids is 1. The third kappa shape index (κ3) is 2.04. The maximum Gasteiger partial charge on any atom is 0.250 e. The lowest BCUT2D eigenvalue weighted by Crippen LogP contribution is -2.47. The Morgan fingerprint density at radius 2 is 2.41 bits per heavy atom. The van der Waals surface area contributed by atoms with E-state index in [-0.39, 0.29) is 5.91 Å². The van der Waals surface area contributed by atoms with Gasteiger partial charge >= 0.3 is 0 Å². The van der Waals surface area contributed by atoms with Gasteiger partial charge in [0.25, 0.3) is 5.91 Å². The highest BCUT2D eigenvalue weighted by Crippen LogP contribution is 2.41. The molecule has 1 unspecified atom stereocenters. The third-order valence-electron chi connectivity index (χ3n) is 4.13. The smallest absolute Gasteiger partial charge is 0.250 e. The van der Waals surface area contributed by atoms with Gasteiger partial charge in [0.15, 0.2) is 5.54 Å². The predicted octanol–water partition coefficient (Wildman–Crippen LogP) is 2.34. The van der Waals surface area contributed by atoms with Gasteiger partial charge in [-0.15, -0.1) is 0 Å². The number of hydrogen-bond donors (Lipinski definition) is 1. The molecule has 22 heavy (non-hydrogen) atoms. The van der Waals surface area contributed by atoms with Crippen LogP contribution in [0.4, 0.5) is 0 Å². The molecule has 1 atom stereocenters. The largest absolute Gasteiger partial charge is 0.354 e. The van der Waals surface area contributed by atoms with Crippen LogP contribution < -0.4 is 5.32 Å². The van der Waals surface area contributed by atoms with Crippen molar-refractivity contribution in [1.82, 2.24) is 14.9 Å². The lowest BCUT2D eigenvalue weighted by molar-refractivity contribution is -0.127. The Kier molecular flexibility index (Phi) is 3.75. The summed E-state index contributed by atoms with van der Waals surface area (Å²) in [6.07, 6.45) is 4.99. The van der Waals surface area contributed by atoms with Crippen LogP contribution in [-0.4, -0.2) is 22.0 Å². The van der Waals surface area contributed by atoms with Crippen molar-refractivity contribution in [1.29, 1.82) is 5.26 Å². The molecule has 0 bridgehead atoms. The van der Waals surface area contributed by atoms with Gasteiger partial charge < -0.3 is 9.88 Å². The van der Waals surface area contributed by atoms with Crippen LogP contribution in [0, 0.1) is 11.3 Å². The van der Waals surface area contributed by atoms with Gasteiger partial charge in [-0.25, -0.2) is 4.98 Å². The van der Waals surface area contributed by atoms with Crippen molar-refractivity contribution in [2.24, 2.45) is 0 Å². The first-order chi connectivity index (χ1) is 10.6. The minimum Gasteiger partial charge on any atom is -0.354 e. The zero-order valence-electron chi connectivity index (χ0n) is 12.1. The fraction of sp³-hybridized carbons (Fsp3) is 0.312. The number of aryl methyl sites for hydroxylation is 1.